The van der Waals surface area contributed by atoms with E-state index in [0.717, 1.165) is 42.2 Å². The van der Waals surface area contributed by atoms with Gasteiger partial charge >= 0.3 is 0 Å². The first-order valence-electron chi connectivity index (χ1n) is 11.0. The highest BCUT2D eigenvalue weighted by molar-refractivity contribution is 5.92. The zero-order chi connectivity index (χ0) is 22.8. The SMILES string of the molecule is Cc1ccc(Nc2nc3cc(Oc4ccnc(C(=O)NC5CCNC5)c4)ccc3n2C)cc1. The van der Waals surface area contributed by atoms with Gasteiger partial charge in [-0.05, 0) is 50.2 Å². The molecule has 0 bridgehead atoms. The van der Waals surface area contributed by atoms with Crippen LogP contribution in [0.4, 0.5) is 11.6 Å². The first kappa shape index (κ1) is 21.0. The Morgan fingerprint density at radius 3 is 2.73 bits per heavy atom. The number of fused-ring (bicyclic) bond motifs is 1. The van der Waals surface area contributed by atoms with Crippen molar-refractivity contribution in [2.24, 2.45) is 7.05 Å². The maximum absolute atomic E-state index is 12.5. The lowest BCUT2D eigenvalue weighted by atomic mass is 10.2. The summed E-state index contributed by atoms with van der Waals surface area (Å²) in [6, 6.07) is 17.5. The van der Waals surface area contributed by atoms with E-state index in [1.165, 1.54) is 5.56 Å². The highest BCUT2D eigenvalue weighted by Gasteiger charge is 2.18. The summed E-state index contributed by atoms with van der Waals surface area (Å²) in [5, 5.41) is 9.60. The predicted octanol–water partition coefficient (Wildman–Crippen LogP) is 3.90. The fourth-order valence-electron chi connectivity index (χ4n) is 3.89. The molecule has 8 heteroatoms. The molecule has 5 rings (SSSR count). The zero-order valence-corrected chi connectivity index (χ0v) is 18.6. The Morgan fingerprint density at radius 2 is 1.94 bits per heavy atom. The van der Waals surface area contributed by atoms with Crippen molar-refractivity contribution in [3.63, 3.8) is 0 Å². The summed E-state index contributed by atoms with van der Waals surface area (Å²) in [5.74, 6) is 1.74. The fraction of sp³-hybridized carbons (Fsp3) is 0.240. The van der Waals surface area contributed by atoms with Crippen LogP contribution in [0.3, 0.4) is 0 Å². The topological polar surface area (TPSA) is 93.1 Å². The molecule has 2 aromatic heterocycles. The summed E-state index contributed by atoms with van der Waals surface area (Å²) in [5.41, 5.74) is 4.32. The lowest BCUT2D eigenvalue weighted by Crippen LogP contribution is -2.36. The number of rotatable bonds is 6. The van der Waals surface area contributed by atoms with Gasteiger partial charge in [0.1, 0.15) is 17.2 Å². The number of carbonyl (C=O) groups is 1. The minimum atomic E-state index is -0.193. The number of pyridine rings is 1. The predicted molar refractivity (Wildman–Crippen MR) is 128 cm³/mol. The summed E-state index contributed by atoms with van der Waals surface area (Å²) < 4.78 is 8.03. The van der Waals surface area contributed by atoms with Crippen LogP contribution in [-0.2, 0) is 7.05 Å². The van der Waals surface area contributed by atoms with E-state index >= 15 is 0 Å². The number of nitrogens with zero attached hydrogens (tertiary/aromatic N) is 3. The van der Waals surface area contributed by atoms with E-state index in [9.17, 15) is 4.79 Å². The fourth-order valence-corrected chi connectivity index (χ4v) is 3.89. The van der Waals surface area contributed by atoms with Crippen molar-refractivity contribution < 1.29 is 9.53 Å². The third kappa shape index (κ3) is 4.65. The van der Waals surface area contributed by atoms with Crippen molar-refractivity contribution in [3.05, 3.63) is 72.1 Å². The van der Waals surface area contributed by atoms with Crippen molar-refractivity contribution in [1.29, 1.82) is 0 Å². The molecule has 0 spiro atoms. The number of carbonyl (C=O) groups excluding carboxylic acids is 1. The highest BCUT2D eigenvalue weighted by Crippen LogP contribution is 2.28. The van der Waals surface area contributed by atoms with Crippen LogP contribution in [0.1, 0.15) is 22.5 Å². The van der Waals surface area contributed by atoms with Crippen molar-refractivity contribution in [2.45, 2.75) is 19.4 Å². The molecule has 1 aliphatic rings. The molecule has 1 unspecified atom stereocenters. The number of amides is 1. The van der Waals surface area contributed by atoms with Crippen LogP contribution in [0.25, 0.3) is 11.0 Å². The second kappa shape index (κ2) is 8.91. The number of hydrogen-bond acceptors (Lipinski definition) is 6. The van der Waals surface area contributed by atoms with Gasteiger partial charge in [-0.3, -0.25) is 9.78 Å². The molecule has 2 aromatic carbocycles. The van der Waals surface area contributed by atoms with E-state index < -0.39 is 0 Å². The minimum Gasteiger partial charge on any atom is -0.457 e. The maximum Gasteiger partial charge on any atom is 0.270 e. The van der Waals surface area contributed by atoms with Gasteiger partial charge in [0.15, 0.2) is 0 Å². The van der Waals surface area contributed by atoms with Crippen molar-refractivity contribution in [3.8, 4) is 11.5 Å². The van der Waals surface area contributed by atoms with Gasteiger partial charge < -0.3 is 25.3 Å². The van der Waals surface area contributed by atoms with E-state index in [0.29, 0.717) is 17.2 Å². The van der Waals surface area contributed by atoms with Crippen LogP contribution in [0, 0.1) is 6.92 Å². The Morgan fingerprint density at radius 1 is 1.12 bits per heavy atom. The third-order valence-electron chi connectivity index (χ3n) is 5.76. The Hall–Kier alpha value is -3.91. The molecule has 3 heterocycles. The molecule has 0 saturated carbocycles. The molecule has 4 aromatic rings. The largest absolute Gasteiger partial charge is 0.457 e. The van der Waals surface area contributed by atoms with E-state index in [1.54, 1.807) is 18.3 Å². The summed E-state index contributed by atoms with van der Waals surface area (Å²) in [4.78, 5) is 21.4. The molecule has 1 fully saturated rings. The molecule has 8 nitrogen and oxygen atoms in total. The number of nitrogens with one attached hydrogen (secondary N) is 3. The first-order chi connectivity index (χ1) is 16.0. The van der Waals surface area contributed by atoms with Gasteiger partial charge in [0, 0.05) is 43.7 Å². The van der Waals surface area contributed by atoms with Crippen LogP contribution in [0.15, 0.2) is 60.8 Å². The van der Waals surface area contributed by atoms with Crippen LogP contribution < -0.4 is 20.7 Å². The van der Waals surface area contributed by atoms with E-state index in [2.05, 4.69) is 40.0 Å². The maximum atomic E-state index is 12.5. The number of ether oxygens (including phenoxy) is 1. The molecule has 33 heavy (non-hydrogen) atoms. The van der Waals surface area contributed by atoms with Gasteiger partial charge in [0.25, 0.3) is 5.91 Å². The Bertz CT molecular complexity index is 1290. The van der Waals surface area contributed by atoms with Gasteiger partial charge in [-0.2, -0.15) is 0 Å². The van der Waals surface area contributed by atoms with Gasteiger partial charge in [-0.25, -0.2) is 4.98 Å². The summed E-state index contributed by atoms with van der Waals surface area (Å²) >= 11 is 0. The Kier molecular flexibility index (Phi) is 5.66. The average Bonchev–Trinajstić information content (AvgIpc) is 3.43. The molecular weight excluding hydrogens is 416 g/mol. The highest BCUT2D eigenvalue weighted by atomic mass is 16.5. The number of imidazole rings is 1. The van der Waals surface area contributed by atoms with E-state index in [4.69, 9.17) is 9.72 Å². The molecule has 1 amide bonds. The second-order valence-electron chi connectivity index (χ2n) is 8.28. The van der Waals surface area contributed by atoms with Gasteiger partial charge in [-0.15, -0.1) is 0 Å². The minimum absolute atomic E-state index is 0.137. The van der Waals surface area contributed by atoms with Crippen LogP contribution in [0.5, 0.6) is 11.5 Å². The lowest BCUT2D eigenvalue weighted by Gasteiger charge is -2.11. The van der Waals surface area contributed by atoms with Gasteiger partial charge in [0.05, 0.1) is 11.0 Å². The molecule has 1 saturated heterocycles. The van der Waals surface area contributed by atoms with Crippen molar-refractivity contribution >= 4 is 28.6 Å². The lowest BCUT2D eigenvalue weighted by molar-refractivity contribution is 0.0934. The molecular formula is C25H26N6O2. The average molecular weight is 443 g/mol. The zero-order valence-electron chi connectivity index (χ0n) is 18.6. The number of benzene rings is 2. The Balaban J connectivity index is 1.33. The van der Waals surface area contributed by atoms with Gasteiger partial charge in [0.2, 0.25) is 5.95 Å². The van der Waals surface area contributed by atoms with Crippen molar-refractivity contribution in [2.75, 3.05) is 18.4 Å². The number of anilines is 2. The number of aryl methyl sites for hydroxylation is 2. The second-order valence-corrected chi connectivity index (χ2v) is 8.28. The first-order valence-corrected chi connectivity index (χ1v) is 11.0. The molecule has 3 N–H and O–H groups in total. The molecule has 1 atom stereocenters. The molecule has 0 aliphatic carbocycles. The molecule has 1 aliphatic heterocycles. The van der Waals surface area contributed by atoms with E-state index in [1.807, 2.05) is 41.9 Å². The van der Waals surface area contributed by atoms with Crippen LogP contribution in [0.2, 0.25) is 0 Å². The molecule has 0 radical (unpaired) electrons. The smallest absolute Gasteiger partial charge is 0.270 e. The quantitative estimate of drug-likeness (QED) is 0.419. The standard InChI is InChI=1S/C25H26N6O2/c1-16-3-5-17(6-4-16)29-25-30-21-13-19(7-8-23(21)31(25)2)33-20-10-12-27-22(14-20)24(32)28-18-9-11-26-15-18/h3-8,10,12-14,18,26H,9,11,15H2,1-2H3,(H,28,32)(H,29,30). The van der Waals surface area contributed by atoms with Gasteiger partial charge in [-0.1, -0.05) is 17.7 Å². The monoisotopic (exact) mass is 442 g/mol. The van der Waals surface area contributed by atoms with Crippen molar-refractivity contribution in [1.82, 2.24) is 25.2 Å². The molecule has 168 valence electrons. The van der Waals surface area contributed by atoms with Crippen LogP contribution in [-0.4, -0.2) is 39.6 Å². The third-order valence-corrected chi connectivity index (χ3v) is 5.76. The van der Waals surface area contributed by atoms with E-state index in [-0.39, 0.29) is 11.9 Å². The summed E-state index contributed by atoms with van der Waals surface area (Å²) in [6.45, 7) is 3.76. The number of aromatic nitrogens is 3. The number of hydrogen-bond donors (Lipinski definition) is 3. The normalized spacial score (nSPS) is 15.5. The summed E-state index contributed by atoms with van der Waals surface area (Å²) in [6.07, 6.45) is 2.51. The summed E-state index contributed by atoms with van der Waals surface area (Å²) in [7, 11) is 1.97. The Labute approximate surface area is 192 Å². The van der Waals surface area contributed by atoms with Crippen LogP contribution >= 0.6 is 0 Å².